The molecule has 1 amide bonds. The van der Waals surface area contributed by atoms with Crippen molar-refractivity contribution in [1.29, 1.82) is 0 Å². The maximum Gasteiger partial charge on any atom is 0.251 e. The molecule has 0 aliphatic heterocycles. The standard InChI is InChI=1S/C22H24N4O2/c1-22(2,3)26-20(27)16-5-9-18(10-6-16)25-21-23-13-17(14-24-21)15-7-11-19(28-4)12-8-15/h5-14H,1-4H3,(H,26,27)(H,23,24,25). The van der Waals surface area contributed by atoms with Gasteiger partial charge >= 0.3 is 0 Å². The summed E-state index contributed by atoms with van der Waals surface area (Å²) in [5, 5.41) is 6.08. The van der Waals surface area contributed by atoms with Gasteiger partial charge in [-0.2, -0.15) is 0 Å². The Balaban J connectivity index is 1.66. The Kier molecular flexibility index (Phi) is 5.59. The summed E-state index contributed by atoms with van der Waals surface area (Å²) in [6.07, 6.45) is 3.53. The van der Waals surface area contributed by atoms with Crippen molar-refractivity contribution < 1.29 is 9.53 Å². The van der Waals surface area contributed by atoms with Crippen LogP contribution in [-0.2, 0) is 0 Å². The maximum absolute atomic E-state index is 12.2. The van der Waals surface area contributed by atoms with Gasteiger partial charge in [0.2, 0.25) is 5.95 Å². The van der Waals surface area contributed by atoms with E-state index in [1.165, 1.54) is 0 Å². The summed E-state index contributed by atoms with van der Waals surface area (Å²) >= 11 is 0. The lowest BCUT2D eigenvalue weighted by Gasteiger charge is -2.20. The van der Waals surface area contributed by atoms with Crippen LogP contribution in [0.2, 0.25) is 0 Å². The van der Waals surface area contributed by atoms with Gasteiger partial charge in [0, 0.05) is 34.7 Å². The lowest BCUT2D eigenvalue weighted by Crippen LogP contribution is -2.40. The lowest BCUT2D eigenvalue weighted by molar-refractivity contribution is 0.0919. The van der Waals surface area contributed by atoms with Gasteiger partial charge in [0.1, 0.15) is 5.75 Å². The molecule has 6 heteroatoms. The minimum atomic E-state index is -0.270. The predicted molar refractivity (Wildman–Crippen MR) is 111 cm³/mol. The third kappa shape index (κ3) is 5.07. The fourth-order valence-corrected chi connectivity index (χ4v) is 2.57. The molecule has 0 atom stereocenters. The van der Waals surface area contributed by atoms with Crippen LogP contribution in [0, 0.1) is 0 Å². The average molecular weight is 376 g/mol. The Hall–Kier alpha value is -3.41. The van der Waals surface area contributed by atoms with Crippen LogP contribution >= 0.6 is 0 Å². The third-order valence-electron chi connectivity index (χ3n) is 3.97. The number of benzene rings is 2. The van der Waals surface area contributed by atoms with Crippen molar-refractivity contribution >= 4 is 17.5 Å². The first-order chi connectivity index (χ1) is 13.3. The number of carbonyl (C=O) groups excluding carboxylic acids is 1. The molecule has 0 fully saturated rings. The largest absolute Gasteiger partial charge is 0.497 e. The topological polar surface area (TPSA) is 76.1 Å². The first-order valence-corrected chi connectivity index (χ1v) is 9.00. The van der Waals surface area contributed by atoms with Crippen molar-refractivity contribution in [2.24, 2.45) is 0 Å². The van der Waals surface area contributed by atoms with E-state index < -0.39 is 0 Å². The van der Waals surface area contributed by atoms with E-state index in [1.54, 1.807) is 31.6 Å². The highest BCUT2D eigenvalue weighted by Crippen LogP contribution is 2.22. The zero-order chi connectivity index (χ0) is 20.1. The van der Waals surface area contributed by atoms with E-state index in [1.807, 2.05) is 57.2 Å². The molecule has 0 bridgehead atoms. The Morgan fingerprint density at radius 1 is 0.893 bits per heavy atom. The van der Waals surface area contributed by atoms with Gasteiger partial charge in [-0.25, -0.2) is 9.97 Å². The summed E-state index contributed by atoms with van der Waals surface area (Å²) in [6.45, 7) is 5.86. The van der Waals surface area contributed by atoms with Gasteiger partial charge in [-0.3, -0.25) is 4.79 Å². The van der Waals surface area contributed by atoms with Crippen molar-refractivity contribution in [1.82, 2.24) is 15.3 Å². The van der Waals surface area contributed by atoms with Crippen LogP contribution in [0.15, 0.2) is 60.9 Å². The van der Waals surface area contributed by atoms with E-state index in [9.17, 15) is 4.79 Å². The summed E-state index contributed by atoms with van der Waals surface area (Å²) in [5.41, 5.74) is 3.08. The number of rotatable bonds is 5. The van der Waals surface area contributed by atoms with Gasteiger partial charge in [0.15, 0.2) is 0 Å². The lowest BCUT2D eigenvalue weighted by atomic mass is 10.1. The molecule has 144 valence electrons. The van der Waals surface area contributed by atoms with E-state index in [0.717, 1.165) is 22.6 Å². The number of hydrogen-bond acceptors (Lipinski definition) is 5. The van der Waals surface area contributed by atoms with E-state index in [-0.39, 0.29) is 11.4 Å². The van der Waals surface area contributed by atoms with E-state index in [0.29, 0.717) is 11.5 Å². The van der Waals surface area contributed by atoms with Crippen LogP contribution in [0.1, 0.15) is 31.1 Å². The number of methoxy groups -OCH3 is 1. The second-order valence-corrected chi connectivity index (χ2v) is 7.43. The zero-order valence-corrected chi connectivity index (χ0v) is 16.5. The summed E-state index contributed by atoms with van der Waals surface area (Å²) in [7, 11) is 1.64. The van der Waals surface area contributed by atoms with Gasteiger partial charge in [0.05, 0.1) is 7.11 Å². The molecule has 6 nitrogen and oxygen atoms in total. The monoisotopic (exact) mass is 376 g/mol. The predicted octanol–water partition coefficient (Wildman–Crippen LogP) is 4.42. The second kappa shape index (κ2) is 8.08. The molecule has 0 aliphatic carbocycles. The molecule has 0 unspecified atom stereocenters. The first-order valence-electron chi connectivity index (χ1n) is 9.00. The number of anilines is 2. The summed E-state index contributed by atoms with van der Waals surface area (Å²) in [5.74, 6) is 1.20. The molecule has 1 aromatic heterocycles. The van der Waals surface area contributed by atoms with Crippen molar-refractivity contribution in [2.45, 2.75) is 26.3 Å². The fourth-order valence-electron chi connectivity index (χ4n) is 2.57. The SMILES string of the molecule is COc1ccc(-c2cnc(Nc3ccc(C(=O)NC(C)(C)C)cc3)nc2)cc1. The number of ether oxygens (including phenoxy) is 1. The van der Waals surface area contributed by atoms with Gasteiger partial charge in [-0.05, 0) is 62.7 Å². The van der Waals surface area contributed by atoms with Crippen LogP contribution in [0.25, 0.3) is 11.1 Å². The Labute approximate surface area is 165 Å². The number of aromatic nitrogens is 2. The van der Waals surface area contributed by atoms with E-state index in [2.05, 4.69) is 20.6 Å². The van der Waals surface area contributed by atoms with Crippen LogP contribution in [-0.4, -0.2) is 28.5 Å². The molecule has 0 spiro atoms. The smallest absolute Gasteiger partial charge is 0.251 e. The first kappa shape index (κ1) is 19.4. The minimum absolute atomic E-state index is 0.0980. The van der Waals surface area contributed by atoms with Gasteiger partial charge in [-0.1, -0.05) is 12.1 Å². The highest BCUT2D eigenvalue weighted by molar-refractivity contribution is 5.95. The Morgan fingerprint density at radius 3 is 2.04 bits per heavy atom. The molecular formula is C22H24N4O2. The normalized spacial score (nSPS) is 11.0. The number of amides is 1. The second-order valence-electron chi connectivity index (χ2n) is 7.43. The van der Waals surface area contributed by atoms with Gasteiger partial charge < -0.3 is 15.4 Å². The molecular weight excluding hydrogens is 352 g/mol. The van der Waals surface area contributed by atoms with E-state index >= 15 is 0 Å². The van der Waals surface area contributed by atoms with Crippen LogP contribution in [0.3, 0.4) is 0 Å². The zero-order valence-electron chi connectivity index (χ0n) is 16.5. The van der Waals surface area contributed by atoms with E-state index in [4.69, 9.17) is 4.74 Å². The molecule has 1 heterocycles. The van der Waals surface area contributed by atoms with Crippen molar-refractivity contribution in [3.63, 3.8) is 0 Å². The molecule has 0 radical (unpaired) electrons. The fraction of sp³-hybridized carbons (Fsp3) is 0.227. The molecule has 0 saturated heterocycles. The molecule has 0 saturated carbocycles. The number of nitrogens with zero attached hydrogens (tertiary/aromatic N) is 2. The Morgan fingerprint density at radius 2 is 1.50 bits per heavy atom. The minimum Gasteiger partial charge on any atom is -0.497 e. The summed E-state index contributed by atoms with van der Waals surface area (Å²) in [4.78, 5) is 20.9. The summed E-state index contributed by atoms with van der Waals surface area (Å²) < 4.78 is 5.17. The van der Waals surface area contributed by atoms with Gasteiger partial charge in [0.25, 0.3) is 5.91 Å². The van der Waals surface area contributed by atoms with Crippen LogP contribution < -0.4 is 15.4 Å². The molecule has 3 rings (SSSR count). The number of nitrogens with one attached hydrogen (secondary N) is 2. The van der Waals surface area contributed by atoms with Crippen molar-refractivity contribution in [3.05, 3.63) is 66.5 Å². The van der Waals surface area contributed by atoms with Gasteiger partial charge in [-0.15, -0.1) is 0 Å². The Bertz CT molecular complexity index is 928. The van der Waals surface area contributed by atoms with Crippen molar-refractivity contribution in [2.75, 3.05) is 12.4 Å². The number of hydrogen-bond donors (Lipinski definition) is 2. The highest BCUT2D eigenvalue weighted by Gasteiger charge is 2.15. The van der Waals surface area contributed by atoms with Crippen LogP contribution in [0.5, 0.6) is 5.75 Å². The molecule has 3 aromatic rings. The average Bonchev–Trinajstić information content (AvgIpc) is 2.68. The van der Waals surface area contributed by atoms with Crippen molar-refractivity contribution in [3.8, 4) is 16.9 Å². The molecule has 2 aromatic carbocycles. The highest BCUT2D eigenvalue weighted by atomic mass is 16.5. The molecule has 28 heavy (non-hydrogen) atoms. The maximum atomic E-state index is 12.2. The number of carbonyl (C=O) groups is 1. The molecule has 0 aliphatic rings. The quantitative estimate of drug-likeness (QED) is 0.689. The third-order valence-corrected chi connectivity index (χ3v) is 3.97. The molecule has 2 N–H and O–H groups in total. The van der Waals surface area contributed by atoms with Crippen LogP contribution in [0.4, 0.5) is 11.6 Å². The summed E-state index contributed by atoms with van der Waals surface area (Å²) in [6, 6.07) is 14.9.